The van der Waals surface area contributed by atoms with Crippen molar-refractivity contribution in [2.75, 3.05) is 23.0 Å². The van der Waals surface area contributed by atoms with Crippen LogP contribution in [0.5, 0.6) is 5.75 Å². The lowest BCUT2D eigenvalue weighted by atomic mass is 10.2. The van der Waals surface area contributed by atoms with Crippen molar-refractivity contribution in [3.8, 4) is 5.75 Å². The zero-order chi connectivity index (χ0) is 20.4. The van der Waals surface area contributed by atoms with E-state index >= 15 is 0 Å². The number of ether oxygens (including phenoxy) is 1. The maximum absolute atomic E-state index is 13.3. The quantitative estimate of drug-likeness (QED) is 0.779. The van der Waals surface area contributed by atoms with Crippen LogP contribution in [0.4, 0.5) is 20.2 Å². The van der Waals surface area contributed by atoms with Crippen LogP contribution in [0.3, 0.4) is 0 Å². The molecule has 0 heterocycles. The predicted molar refractivity (Wildman–Crippen MR) is 99.8 cm³/mol. The van der Waals surface area contributed by atoms with E-state index in [2.05, 4.69) is 5.32 Å². The Bertz CT molecular complexity index is 969. The normalized spacial score (nSPS) is 12.4. The smallest absolute Gasteiger partial charge is 0.247 e. The summed E-state index contributed by atoms with van der Waals surface area (Å²) in [5.41, 5.74) is 0.0534. The molecule has 0 unspecified atom stereocenters. The van der Waals surface area contributed by atoms with Gasteiger partial charge in [-0.05, 0) is 37.3 Å². The number of benzene rings is 2. The number of hydrogen-bond acceptors (Lipinski definition) is 4. The van der Waals surface area contributed by atoms with Gasteiger partial charge >= 0.3 is 0 Å². The van der Waals surface area contributed by atoms with E-state index in [4.69, 9.17) is 16.3 Å². The Morgan fingerprint density at radius 1 is 1.19 bits per heavy atom. The summed E-state index contributed by atoms with van der Waals surface area (Å²) in [7, 11) is -2.57. The Kier molecular flexibility index (Phi) is 6.27. The molecule has 0 aliphatic heterocycles. The Morgan fingerprint density at radius 2 is 1.85 bits per heavy atom. The molecule has 146 valence electrons. The minimum Gasteiger partial charge on any atom is -0.495 e. The van der Waals surface area contributed by atoms with Crippen molar-refractivity contribution in [1.82, 2.24) is 0 Å². The number of rotatable bonds is 6. The Labute approximate surface area is 160 Å². The number of carbonyl (C=O) groups excluding carboxylic acids is 1. The minimum atomic E-state index is -3.92. The van der Waals surface area contributed by atoms with E-state index in [0.29, 0.717) is 0 Å². The second-order valence-corrected chi connectivity index (χ2v) is 7.96. The third-order valence-corrected chi connectivity index (χ3v) is 5.12. The van der Waals surface area contributed by atoms with Gasteiger partial charge in [0.2, 0.25) is 15.9 Å². The molecule has 10 heteroatoms. The van der Waals surface area contributed by atoms with Crippen molar-refractivity contribution in [3.63, 3.8) is 0 Å². The van der Waals surface area contributed by atoms with E-state index in [1.54, 1.807) is 0 Å². The number of nitrogens with one attached hydrogen (secondary N) is 1. The Balaban J connectivity index is 2.41. The molecular formula is C17H17ClF2N2O4S. The molecule has 2 aromatic carbocycles. The van der Waals surface area contributed by atoms with Crippen molar-refractivity contribution in [2.45, 2.75) is 13.0 Å². The molecule has 1 atom stereocenters. The standard InChI is InChI=1S/C17H17ClF2N2O4S/c1-10(17(23)21-12-5-6-13(19)14(20)9-12)22(27(3,24)25)15-8-11(18)4-7-16(15)26-2/h4-10H,1-3H3,(H,21,23)/t10-/m1/s1. The molecule has 0 bridgehead atoms. The van der Waals surface area contributed by atoms with E-state index in [-0.39, 0.29) is 22.1 Å². The van der Waals surface area contributed by atoms with Crippen LogP contribution in [-0.4, -0.2) is 33.7 Å². The van der Waals surface area contributed by atoms with Crippen LogP contribution in [-0.2, 0) is 14.8 Å². The summed E-state index contributed by atoms with van der Waals surface area (Å²) in [5, 5.41) is 2.60. The molecule has 2 aromatic rings. The van der Waals surface area contributed by atoms with Crippen LogP contribution in [0.2, 0.25) is 5.02 Å². The first-order valence-electron chi connectivity index (χ1n) is 7.63. The third-order valence-electron chi connectivity index (χ3n) is 3.65. The average molecular weight is 419 g/mol. The van der Waals surface area contributed by atoms with E-state index in [1.807, 2.05) is 0 Å². The summed E-state index contributed by atoms with van der Waals surface area (Å²) in [6.45, 7) is 1.34. The van der Waals surface area contributed by atoms with Crippen LogP contribution >= 0.6 is 11.6 Å². The molecule has 1 amide bonds. The molecule has 0 saturated heterocycles. The SMILES string of the molecule is COc1ccc(Cl)cc1N([C@H](C)C(=O)Nc1ccc(F)c(F)c1)S(C)(=O)=O. The molecule has 0 aliphatic carbocycles. The molecular weight excluding hydrogens is 402 g/mol. The van der Waals surface area contributed by atoms with Gasteiger partial charge in [0.1, 0.15) is 11.8 Å². The number of carbonyl (C=O) groups is 1. The summed E-state index contributed by atoms with van der Waals surface area (Å²) < 4.78 is 57.0. The maximum atomic E-state index is 13.3. The van der Waals surface area contributed by atoms with E-state index in [0.717, 1.165) is 28.8 Å². The highest BCUT2D eigenvalue weighted by Crippen LogP contribution is 2.34. The molecule has 0 saturated carbocycles. The highest BCUT2D eigenvalue weighted by Gasteiger charge is 2.31. The predicted octanol–water partition coefficient (Wildman–Crippen LogP) is 3.42. The van der Waals surface area contributed by atoms with Crippen LogP contribution in [0, 0.1) is 11.6 Å². The van der Waals surface area contributed by atoms with Gasteiger partial charge in [-0.2, -0.15) is 0 Å². The fourth-order valence-electron chi connectivity index (χ4n) is 2.44. The molecule has 0 radical (unpaired) electrons. The van der Waals surface area contributed by atoms with Gasteiger partial charge in [-0.1, -0.05) is 11.6 Å². The second-order valence-electron chi connectivity index (χ2n) is 5.67. The van der Waals surface area contributed by atoms with Crippen LogP contribution in [0.1, 0.15) is 6.92 Å². The number of amides is 1. The molecule has 27 heavy (non-hydrogen) atoms. The molecule has 0 spiro atoms. The first-order valence-corrected chi connectivity index (χ1v) is 9.86. The summed E-state index contributed by atoms with van der Waals surface area (Å²) in [6.07, 6.45) is 0.925. The Morgan fingerprint density at radius 3 is 2.41 bits per heavy atom. The van der Waals surface area contributed by atoms with Gasteiger partial charge in [-0.3, -0.25) is 9.10 Å². The summed E-state index contributed by atoms with van der Waals surface area (Å²) in [6, 6.07) is 5.90. The highest BCUT2D eigenvalue weighted by molar-refractivity contribution is 7.92. The van der Waals surface area contributed by atoms with Gasteiger partial charge in [0.05, 0.1) is 19.1 Å². The summed E-state index contributed by atoms with van der Waals surface area (Å²) in [5.74, 6) is -2.77. The van der Waals surface area contributed by atoms with Gasteiger partial charge in [-0.25, -0.2) is 17.2 Å². The minimum absolute atomic E-state index is 0.0164. The van der Waals surface area contributed by atoms with Gasteiger partial charge in [0.25, 0.3) is 0 Å². The lowest BCUT2D eigenvalue weighted by Crippen LogP contribution is -2.45. The van der Waals surface area contributed by atoms with Crippen LogP contribution in [0.15, 0.2) is 36.4 Å². The number of methoxy groups -OCH3 is 1. The highest BCUT2D eigenvalue weighted by atomic mass is 35.5. The lowest BCUT2D eigenvalue weighted by Gasteiger charge is -2.29. The van der Waals surface area contributed by atoms with Gasteiger partial charge in [0, 0.05) is 16.8 Å². The zero-order valence-corrected chi connectivity index (χ0v) is 16.2. The van der Waals surface area contributed by atoms with E-state index < -0.39 is 33.6 Å². The fourth-order valence-corrected chi connectivity index (χ4v) is 3.77. The third kappa shape index (κ3) is 4.86. The molecule has 1 N–H and O–H groups in total. The first-order chi connectivity index (χ1) is 12.5. The molecule has 2 rings (SSSR count). The average Bonchev–Trinajstić information content (AvgIpc) is 2.57. The summed E-state index contributed by atoms with van der Waals surface area (Å²) >= 11 is 5.96. The number of hydrogen-bond donors (Lipinski definition) is 1. The number of nitrogens with zero attached hydrogens (tertiary/aromatic N) is 1. The number of anilines is 2. The monoisotopic (exact) mass is 418 g/mol. The van der Waals surface area contributed by atoms with Crippen molar-refractivity contribution < 1.29 is 26.7 Å². The van der Waals surface area contributed by atoms with E-state index in [9.17, 15) is 22.0 Å². The molecule has 6 nitrogen and oxygen atoms in total. The number of halogens is 3. The lowest BCUT2D eigenvalue weighted by molar-refractivity contribution is -0.116. The Hall–Kier alpha value is -2.39. The number of sulfonamides is 1. The fraction of sp³-hybridized carbons (Fsp3) is 0.235. The molecule has 0 aromatic heterocycles. The van der Waals surface area contributed by atoms with Gasteiger partial charge < -0.3 is 10.1 Å². The van der Waals surface area contributed by atoms with Gasteiger partial charge in [-0.15, -0.1) is 0 Å². The van der Waals surface area contributed by atoms with Crippen LogP contribution < -0.4 is 14.4 Å². The van der Waals surface area contributed by atoms with Crippen molar-refractivity contribution in [3.05, 3.63) is 53.1 Å². The zero-order valence-electron chi connectivity index (χ0n) is 14.7. The van der Waals surface area contributed by atoms with Crippen molar-refractivity contribution >= 4 is 38.9 Å². The van der Waals surface area contributed by atoms with Crippen LogP contribution in [0.25, 0.3) is 0 Å². The topological polar surface area (TPSA) is 75.7 Å². The van der Waals surface area contributed by atoms with Gasteiger partial charge in [0.15, 0.2) is 11.6 Å². The molecule has 0 aliphatic rings. The van der Waals surface area contributed by atoms with Crippen molar-refractivity contribution in [2.24, 2.45) is 0 Å². The largest absolute Gasteiger partial charge is 0.495 e. The maximum Gasteiger partial charge on any atom is 0.247 e. The van der Waals surface area contributed by atoms with Crippen molar-refractivity contribution in [1.29, 1.82) is 0 Å². The van der Waals surface area contributed by atoms with E-state index in [1.165, 1.54) is 32.2 Å². The first kappa shape index (κ1) is 20.9. The molecule has 0 fully saturated rings. The second kappa shape index (κ2) is 8.10. The summed E-state index contributed by atoms with van der Waals surface area (Å²) in [4.78, 5) is 12.5.